The fourth-order valence-corrected chi connectivity index (χ4v) is 2.27. The molecule has 4 nitrogen and oxygen atoms in total. The average molecular weight is 306 g/mol. The molecule has 0 amide bonds. The van der Waals surface area contributed by atoms with Crippen LogP contribution in [-0.4, -0.2) is 14.3 Å². The van der Waals surface area contributed by atoms with Gasteiger partial charge >= 0.3 is 0 Å². The van der Waals surface area contributed by atoms with Gasteiger partial charge in [0.05, 0.1) is 9.50 Å². The topological polar surface area (TPSA) is 50.7 Å². The quantitative estimate of drug-likeness (QED) is 0.924. The van der Waals surface area contributed by atoms with Crippen LogP contribution < -0.4 is 5.32 Å². The molecule has 2 rings (SSSR count). The van der Waals surface area contributed by atoms with Gasteiger partial charge in [-0.25, -0.2) is 9.97 Å². The molecule has 0 fully saturated rings. The highest BCUT2D eigenvalue weighted by atomic mass is 79.9. The second kappa shape index (κ2) is 4.42. The van der Waals surface area contributed by atoms with Crippen molar-refractivity contribution in [2.45, 2.75) is 6.92 Å². The van der Waals surface area contributed by atoms with E-state index in [1.807, 2.05) is 6.92 Å². The SMILES string of the molecule is Cc1nsc(Nc2ncc(Cl)cc2Br)n1. The highest BCUT2D eigenvalue weighted by Gasteiger charge is 2.05. The summed E-state index contributed by atoms with van der Waals surface area (Å²) in [6.07, 6.45) is 1.57. The standard InChI is InChI=1S/C8H6BrClN4S/c1-4-12-8(15-14-4)13-7-6(9)2-5(10)3-11-7/h2-3H,1H3,(H,11,12,13,14). The molecule has 0 aliphatic heterocycles. The highest BCUT2D eigenvalue weighted by molar-refractivity contribution is 9.10. The van der Waals surface area contributed by atoms with E-state index >= 15 is 0 Å². The Labute approximate surface area is 104 Å². The molecule has 0 radical (unpaired) electrons. The second-order valence-electron chi connectivity index (χ2n) is 2.76. The Bertz CT molecular complexity index is 487. The van der Waals surface area contributed by atoms with Crippen molar-refractivity contribution in [2.75, 3.05) is 5.32 Å². The van der Waals surface area contributed by atoms with Gasteiger partial charge in [0.1, 0.15) is 11.6 Å². The number of aryl methyl sites for hydroxylation is 1. The predicted octanol–water partition coefficient (Wildman–Crippen LogP) is 3.40. The van der Waals surface area contributed by atoms with E-state index in [0.717, 1.165) is 10.3 Å². The van der Waals surface area contributed by atoms with Crippen molar-refractivity contribution >= 4 is 50.0 Å². The van der Waals surface area contributed by atoms with E-state index < -0.39 is 0 Å². The summed E-state index contributed by atoms with van der Waals surface area (Å²) in [7, 11) is 0. The van der Waals surface area contributed by atoms with Gasteiger partial charge in [0.15, 0.2) is 0 Å². The number of anilines is 2. The van der Waals surface area contributed by atoms with Crippen molar-refractivity contribution in [1.29, 1.82) is 0 Å². The van der Waals surface area contributed by atoms with E-state index in [1.165, 1.54) is 11.5 Å². The lowest BCUT2D eigenvalue weighted by Gasteiger charge is -2.03. The summed E-state index contributed by atoms with van der Waals surface area (Å²) in [5, 5.41) is 4.34. The largest absolute Gasteiger partial charge is 0.314 e. The molecule has 0 bridgehead atoms. The van der Waals surface area contributed by atoms with Crippen molar-refractivity contribution in [3.63, 3.8) is 0 Å². The van der Waals surface area contributed by atoms with Gasteiger partial charge in [-0.05, 0) is 28.9 Å². The average Bonchev–Trinajstić information content (AvgIpc) is 2.56. The van der Waals surface area contributed by atoms with Crippen LogP contribution in [0, 0.1) is 6.92 Å². The molecule has 0 aliphatic rings. The van der Waals surface area contributed by atoms with Crippen LogP contribution >= 0.6 is 39.1 Å². The Morgan fingerprint density at radius 3 is 2.93 bits per heavy atom. The minimum Gasteiger partial charge on any atom is -0.314 e. The first kappa shape index (κ1) is 10.8. The van der Waals surface area contributed by atoms with Gasteiger partial charge in [-0.2, -0.15) is 4.37 Å². The molecule has 2 aromatic heterocycles. The Balaban J connectivity index is 2.24. The van der Waals surface area contributed by atoms with Crippen LogP contribution in [0.5, 0.6) is 0 Å². The molecule has 0 saturated heterocycles. The van der Waals surface area contributed by atoms with Gasteiger partial charge in [0, 0.05) is 17.7 Å². The fraction of sp³-hybridized carbons (Fsp3) is 0.125. The summed E-state index contributed by atoms with van der Waals surface area (Å²) in [5.41, 5.74) is 0. The van der Waals surface area contributed by atoms with E-state index in [4.69, 9.17) is 11.6 Å². The highest BCUT2D eigenvalue weighted by Crippen LogP contribution is 2.26. The molecular weight excluding hydrogens is 300 g/mol. The maximum atomic E-state index is 5.78. The van der Waals surface area contributed by atoms with Crippen molar-refractivity contribution in [1.82, 2.24) is 14.3 Å². The van der Waals surface area contributed by atoms with Crippen molar-refractivity contribution in [3.8, 4) is 0 Å². The van der Waals surface area contributed by atoms with Crippen LogP contribution in [0.15, 0.2) is 16.7 Å². The van der Waals surface area contributed by atoms with Crippen LogP contribution in [-0.2, 0) is 0 Å². The zero-order valence-electron chi connectivity index (χ0n) is 7.66. The third-order valence-electron chi connectivity index (χ3n) is 1.56. The predicted molar refractivity (Wildman–Crippen MR) is 64.9 cm³/mol. The minimum atomic E-state index is 0.584. The smallest absolute Gasteiger partial charge is 0.208 e. The number of rotatable bonds is 2. The Morgan fingerprint density at radius 2 is 2.33 bits per heavy atom. The lowest BCUT2D eigenvalue weighted by Crippen LogP contribution is -1.93. The molecule has 15 heavy (non-hydrogen) atoms. The maximum absolute atomic E-state index is 5.78. The lowest BCUT2D eigenvalue weighted by molar-refractivity contribution is 1.16. The zero-order chi connectivity index (χ0) is 10.8. The minimum absolute atomic E-state index is 0.584. The van der Waals surface area contributed by atoms with Crippen LogP contribution in [0.4, 0.5) is 10.9 Å². The van der Waals surface area contributed by atoms with E-state index in [-0.39, 0.29) is 0 Å². The normalized spacial score (nSPS) is 10.3. The van der Waals surface area contributed by atoms with Crippen molar-refractivity contribution < 1.29 is 0 Å². The Kier molecular flexibility index (Phi) is 3.18. The monoisotopic (exact) mass is 304 g/mol. The third kappa shape index (κ3) is 2.64. The van der Waals surface area contributed by atoms with Crippen LogP contribution in [0.25, 0.3) is 0 Å². The first-order chi connectivity index (χ1) is 7.15. The van der Waals surface area contributed by atoms with E-state index in [9.17, 15) is 0 Å². The number of halogens is 2. The second-order valence-corrected chi connectivity index (χ2v) is 4.80. The van der Waals surface area contributed by atoms with Crippen molar-refractivity contribution in [2.24, 2.45) is 0 Å². The molecule has 7 heteroatoms. The molecule has 0 spiro atoms. The van der Waals surface area contributed by atoms with Gasteiger partial charge in [0.25, 0.3) is 0 Å². The Hall–Kier alpha value is -0.720. The van der Waals surface area contributed by atoms with Gasteiger partial charge < -0.3 is 5.32 Å². The third-order valence-corrected chi connectivity index (χ3v) is 3.09. The van der Waals surface area contributed by atoms with E-state index in [1.54, 1.807) is 12.3 Å². The van der Waals surface area contributed by atoms with Gasteiger partial charge in [0.2, 0.25) is 5.13 Å². The molecule has 0 atom stereocenters. The van der Waals surface area contributed by atoms with Crippen LogP contribution in [0.2, 0.25) is 5.02 Å². The molecule has 2 aromatic rings. The summed E-state index contributed by atoms with van der Waals surface area (Å²) in [6, 6.07) is 1.77. The molecule has 0 aliphatic carbocycles. The van der Waals surface area contributed by atoms with E-state index in [0.29, 0.717) is 16.0 Å². The number of nitrogens with zero attached hydrogens (tertiary/aromatic N) is 3. The Morgan fingerprint density at radius 1 is 1.53 bits per heavy atom. The van der Waals surface area contributed by atoms with Gasteiger partial charge in [-0.15, -0.1) is 0 Å². The van der Waals surface area contributed by atoms with Gasteiger partial charge in [-0.1, -0.05) is 11.6 Å². The molecule has 1 N–H and O–H groups in total. The van der Waals surface area contributed by atoms with Crippen LogP contribution in [0.3, 0.4) is 0 Å². The summed E-state index contributed by atoms with van der Waals surface area (Å²) >= 11 is 10.4. The lowest BCUT2D eigenvalue weighted by atomic mass is 10.4. The molecule has 2 heterocycles. The summed E-state index contributed by atoms with van der Waals surface area (Å²) < 4.78 is 4.85. The number of hydrogen-bond donors (Lipinski definition) is 1. The van der Waals surface area contributed by atoms with E-state index in [2.05, 4.69) is 35.6 Å². The molecule has 78 valence electrons. The zero-order valence-corrected chi connectivity index (χ0v) is 10.8. The molecule has 0 saturated carbocycles. The first-order valence-electron chi connectivity index (χ1n) is 4.03. The summed E-state index contributed by atoms with van der Waals surface area (Å²) in [6.45, 7) is 1.84. The van der Waals surface area contributed by atoms with Crippen LogP contribution in [0.1, 0.15) is 5.82 Å². The van der Waals surface area contributed by atoms with Gasteiger partial charge in [-0.3, -0.25) is 0 Å². The molecular formula is C8H6BrClN4S. The summed E-state index contributed by atoms with van der Waals surface area (Å²) in [4.78, 5) is 8.30. The summed E-state index contributed by atoms with van der Waals surface area (Å²) in [5.74, 6) is 1.42. The van der Waals surface area contributed by atoms with Crippen molar-refractivity contribution in [3.05, 3.63) is 27.6 Å². The number of aromatic nitrogens is 3. The molecule has 0 unspecified atom stereocenters. The first-order valence-corrected chi connectivity index (χ1v) is 5.98. The fourth-order valence-electron chi connectivity index (χ4n) is 0.956. The number of nitrogens with one attached hydrogen (secondary N) is 1. The molecule has 0 aromatic carbocycles. The number of pyridine rings is 1. The number of hydrogen-bond acceptors (Lipinski definition) is 5. The maximum Gasteiger partial charge on any atom is 0.208 e.